The summed E-state index contributed by atoms with van der Waals surface area (Å²) >= 11 is 0. The Kier molecular flexibility index (Phi) is 5.26. The van der Waals surface area contributed by atoms with Crippen LogP contribution in [0.2, 0.25) is 0 Å². The van der Waals surface area contributed by atoms with Gasteiger partial charge in [0.2, 0.25) is 0 Å². The molecule has 6 heteroatoms. The van der Waals surface area contributed by atoms with Gasteiger partial charge < -0.3 is 4.74 Å². The number of halogens is 1. The van der Waals surface area contributed by atoms with Crippen molar-refractivity contribution >= 4 is 11.6 Å². The van der Waals surface area contributed by atoms with E-state index < -0.39 is 5.97 Å². The Morgan fingerprint density at radius 1 is 1.11 bits per heavy atom. The molecule has 1 aromatic carbocycles. The fourth-order valence-corrected chi connectivity index (χ4v) is 3.53. The van der Waals surface area contributed by atoms with Gasteiger partial charge in [0, 0.05) is 5.69 Å². The predicted molar refractivity (Wildman–Crippen MR) is 103 cm³/mol. The summed E-state index contributed by atoms with van der Waals surface area (Å²) in [6.07, 6.45) is 1.66. The number of fused-ring (bicyclic) bond motifs is 1. The lowest BCUT2D eigenvalue weighted by Gasteiger charge is -2.11. The van der Waals surface area contributed by atoms with E-state index in [1.54, 1.807) is 17.5 Å². The first-order chi connectivity index (χ1) is 12.9. The van der Waals surface area contributed by atoms with Crippen molar-refractivity contribution in [1.82, 2.24) is 14.6 Å². The van der Waals surface area contributed by atoms with Crippen LogP contribution in [-0.2, 0) is 11.2 Å². The van der Waals surface area contributed by atoms with Crippen LogP contribution in [0.5, 0.6) is 0 Å². The van der Waals surface area contributed by atoms with Gasteiger partial charge >= 0.3 is 5.97 Å². The number of esters is 1. The van der Waals surface area contributed by atoms with E-state index in [-0.39, 0.29) is 18.1 Å². The minimum absolute atomic E-state index is 0.269. The molecule has 2 heterocycles. The van der Waals surface area contributed by atoms with Gasteiger partial charge in [-0.2, -0.15) is 5.10 Å². The number of rotatable bonds is 5. The molecule has 0 aliphatic heterocycles. The van der Waals surface area contributed by atoms with E-state index in [2.05, 4.69) is 17.0 Å². The van der Waals surface area contributed by atoms with Crippen molar-refractivity contribution in [3.63, 3.8) is 0 Å². The van der Waals surface area contributed by atoms with Crippen LogP contribution in [0.1, 0.15) is 53.3 Å². The highest BCUT2D eigenvalue weighted by atomic mass is 19.1. The summed E-state index contributed by atoms with van der Waals surface area (Å²) in [5.74, 6) is -0.718. The number of hydrogen-bond acceptors (Lipinski definition) is 4. The zero-order valence-electron chi connectivity index (χ0n) is 16.4. The average Bonchev–Trinajstić information content (AvgIpc) is 2.91. The van der Waals surface area contributed by atoms with Crippen molar-refractivity contribution in [2.45, 2.75) is 47.5 Å². The normalized spacial score (nSPS) is 11.2. The lowest BCUT2D eigenvalue weighted by Crippen LogP contribution is -2.11. The smallest absolute Gasteiger partial charge is 0.357 e. The van der Waals surface area contributed by atoms with E-state index in [9.17, 15) is 9.18 Å². The van der Waals surface area contributed by atoms with Crippen LogP contribution in [0, 0.1) is 26.6 Å². The molecule has 0 saturated heterocycles. The molecule has 0 fully saturated rings. The van der Waals surface area contributed by atoms with Crippen LogP contribution in [-0.4, -0.2) is 27.2 Å². The van der Waals surface area contributed by atoms with E-state index in [0.717, 1.165) is 46.5 Å². The standard InChI is InChI=1S/C21H24FN3O2/c1-6-8-16-11-17(21(26)27-7-2)23-20-19(14(5)24-25(16)20)18-12(3)9-15(22)10-13(18)4/h9-11H,6-8H2,1-5H3. The quantitative estimate of drug-likeness (QED) is 0.617. The summed E-state index contributed by atoms with van der Waals surface area (Å²) in [4.78, 5) is 16.9. The molecule has 0 unspecified atom stereocenters. The zero-order valence-corrected chi connectivity index (χ0v) is 16.4. The number of benzene rings is 1. The molecule has 0 N–H and O–H groups in total. The SMILES string of the molecule is CCCc1cc(C(=O)OCC)nc2c(-c3c(C)cc(F)cc3C)c(C)nn12. The van der Waals surface area contributed by atoms with Crippen LogP contribution >= 0.6 is 0 Å². The maximum atomic E-state index is 13.8. The van der Waals surface area contributed by atoms with Gasteiger partial charge in [-0.15, -0.1) is 0 Å². The van der Waals surface area contributed by atoms with Gasteiger partial charge in [-0.25, -0.2) is 18.7 Å². The van der Waals surface area contributed by atoms with Crippen molar-refractivity contribution in [2.24, 2.45) is 0 Å². The molecule has 0 aliphatic rings. The minimum atomic E-state index is -0.449. The van der Waals surface area contributed by atoms with E-state index in [0.29, 0.717) is 5.65 Å². The second-order valence-electron chi connectivity index (χ2n) is 6.71. The average molecular weight is 369 g/mol. The second kappa shape index (κ2) is 7.47. The Hall–Kier alpha value is -2.76. The Morgan fingerprint density at radius 2 is 1.78 bits per heavy atom. The number of carbonyl (C=O) groups excluding carboxylic acids is 1. The molecular weight excluding hydrogens is 345 g/mol. The molecule has 0 bridgehead atoms. The van der Waals surface area contributed by atoms with Crippen molar-refractivity contribution in [3.8, 4) is 11.1 Å². The van der Waals surface area contributed by atoms with Crippen LogP contribution in [0.3, 0.4) is 0 Å². The van der Waals surface area contributed by atoms with Gasteiger partial charge in [0.15, 0.2) is 11.3 Å². The van der Waals surface area contributed by atoms with Crippen molar-refractivity contribution in [2.75, 3.05) is 6.61 Å². The predicted octanol–water partition coefficient (Wildman–Crippen LogP) is 4.59. The fourth-order valence-electron chi connectivity index (χ4n) is 3.53. The van der Waals surface area contributed by atoms with Crippen molar-refractivity contribution in [3.05, 3.63) is 52.2 Å². The fraction of sp³-hybridized carbons (Fsp3) is 0.381. The first kappa shape index (κ1) is 19.0. The summed E-state index contributed by atoms with van der Waals surface area (Å²) in [7, 11) is 0. The molecule has 0 aliphatic carbocycles. The van der Waals surface area contributed by atoms with E-state index in [4.69, 9.17) is 4.74 Å². The summed E-state index contributed by atoms with van der Waals surface area (Å²) in [5, 5.41) is 4.67. The Bertz CT molecular complexity index is 1000. The number of nitrogens with zero attached hydrogens (tertiary/aromatic N) is 3. The van der Waals surface area contributed by atoms with Crippen LogP contribution in [0.4, 0.5) is 4.39 Å². The van der Waals surface area contributed by atoms with Gasteiger partial charge in [-0.3, -0.25) is 0 Å². The van der Waals surface area contributed by atoms with Crippen LogP contribution in [0.15, 0.2) is 18.2 Å². The molecule has 0 atom stereocenters. The first-order valence-corrected chi connectivity index (χ1v) is 9.20. The van der Waals surface area contributed by atoms with E-state index in [1.165, 1.54) is 12.1 Å². The number of carbonyl (C=O) groups is 1. The molecule has 2 aromatic heterocycles. The molecule has 0 radical (unpaired) electrons. The zero-order chi connectivity index (χ0) is 19.7. The number of aryl methyl sites for hydroxylation is 4. The van der Waals surface area contributed by atoms with Gasteiger partial charge in [-0.1, -0.05) is 13.3 Å². The third-order valence-corrected chi connectivity index (χ3v) is 4.58. The van der Waals surface area contributed by atoms with Crippen molar-refractivity contribution in [1.29, 1.82) is 0 Å². The largest absolute Gasteiger partial charge is 0.461 e. The molecule has 27 heavy (non-hydrogen) atoms. The molecule has 3 aromatic rings. The summed E-state index contributed by atoms with van der Waals surface area (Å²) in [5.41, 5.74) is 5.91. The highest BCUT2D eigenvalue weighted by Crippen LogP contribution is 2.34. The molecule has 5 nitrogen and oxygen atoms in total. The third kappa shape index (κ3) is 3.44. The van der Waals surface area contributed by atoms with Crippen LogP contribution < -0.4 is 0 Å². The lowest BCUT2D eigenvalue weighted by atomic mass is 9.95. The Morgan fingerprint density at radius 3 is 2.37 bits per heavy atom. The van der Waals surface area contributed by atoms with Gasteiger partial charge in [0.25, 0.3) is 0 Å². The first-order valence-electron chi connectivity index (χ1n) is 9.20. The minimum Gasteiger partial charge on any atom is -0.461 e. The molecule has 0 spiro atoms. The van der Waals surface area contributed by atoms with E-state index in [1.807, 2.05) is 20.8 Å². The maximum Gasteiger partial charge on any atom is 0.357 e. The second-order valence-corrected chi connectivity index (χ2v) is 6.71. The number of ether oxygens (including phenoxy) is 1. The van der Waals surface area contributed by atoms with Gasteiger partial charge in [-0.05, 0) is 69.0 Å². The maximum absolute atomic E-state index is 13.8. The molecule has 0 saturated carbocycles. The van der Waals surface area contributed by atoms with Crippen molar-refractivity contribution < 1.29 is 13.9 Å². The summed E-state index contributed by atoms with van der Waals surface area (Å²) in [6, 6.07) is 4.76. The molecule has 142 valence electrons. The topological polar surface area (TPSA) is 56.5 Å². The van der Waals surface area contributed by atoms with Gasteiger partial charge in [0.05, 0.1) is 17.9 Å². The summed E-state index contributed by atoms with van der Waals surface area (Å²) in [6.45, 7) is 9.78. The van der Waals surface area contributed by atoms with Gasteiger partial charge in [0.1, 0.15) is 5.82 Å². The Labute approximate surface area is 158 Å². The lowest BCUT2D eigenvalue weighted by molar-refractivity contribution is 0.0519. The monoisotopic (exact) mass is 369 g/mol. The molecule has 0 amide bonds. The highest BCUT2D eigenvalue weighted by molar-refractivity contribution is 5.90. The molecular formula is C21H24FN3O2. The van der Waals surface area contributed by atoms with Crippen LogP contribution in [0.25, 0.3) is 16.8 Å². The molecule has 3 rings (SSSR count). The van der Waals surface area contributed by atoms with E-state index >= 15 is 0 Å². The number of aromatic nitrogens is 3. The third-order valence-electron chi connectivity index (χ3n) is 4.58. The number of hydrogen-bond donors (Lipinski definition) is 0. The summed E-state index contributed by atoms with van der Waals surface area (Å²) < 4.78 is 20.7. The Balaban J connectivity index is 2.34. The highest BCUT2D eigenvalue weighted by Gasteiger charge is 2.22.